The number of aryl methyl sites for hydroxylation is 1. The van der Waals surface area contributed by atoms with Gasteiger partial charge in [0.05, 0.1) is 6.07 Å². The van der Waals surface area contributed by atoms with Gasteiger partial charge in [0.1, 0.15) is 0 Å². The number of hydrogen-bond donors (Lipinski definition) is 2. The molecule has 0 saturated heterocycles. The molecule has 0 bridgehead atoms. The summed E-state index contributed by atoms with van der Waals surface area (Å²) in [6, 6.07) is 8.36. The fourth-order valence-electron chi connectivity index (χ4n) is 2.85. The van der Waals surface area contributed by atoms with Gasteiger partial charge in [-0.15, -0.1) is 6.58 Å². The molecule has 5 nitrogen and oxygen atoms in total. The van der Waals surface area contributed by atoms with Crippen molar-refractivity contribution in [2.45, 2.75) is 33.1 Å². The minimum atomic E-state index is 0.445. The SMILES string of the molecule is C=CCCN(CC)/C(=C/C(=C\NC=O)c1cc(NC)ccc1C)CCC#N. The van der Waals surface area contributed by atoms with Gasteiger partial charge in [-0.1, -0.05) is 12.1 Å². The normalized spacial score (nSPS) is 11.5. The van der Waals surface area contributed by atoms with E-state index in [1.807, 2.05) is 32.2 Å². The Balaban J connectivity index is 3.41. The molecule has 0 unspecified atom stereocenters. The zero-order valence-corrected chi connectivity index (χ0v) is 16.6. The van der Waals surface area contributed by atoms with Crippen LogP contribution in [0.15, 0.2) is 48.8 Å². The molecule has 144 valence electrons. The van der Waals surface area contributed by atoms with Crippen molar-refractivity contribution < 1.29 is 4.79 Å². The van der Waals surface area contributed by atoms with Crippen molar-refractivity contribution >= 4 is 17.7 Å². The summed E-state index contributed by atoms with van der Waals surface area (Å²) in [5.74, 6) is 0. The van der Waals surface area contributed by atoms with Crippen molar-refractivity contribution in [1.29, 1.82) is 5.26 Å². The molecular weight excluding hydrogens is 336 g/mol. The Bertz CT molecular complexity index is 728. The van der Waals surface area contributed by atoms with E-state index in [0.29, 0.717) is 19.3 Å². The highest BCUT2D eigenvalue weighted by Gasteiger charge is 2.11. The van der Waals surface area contributed by atoms with E-state index in [-0.39, 0.29) is 0 Å². The summed E-state index contributed by atoms with van der Waals surface area (Å²) in [6.45, 7) is 9.64. The minimum Gasteiger partial charge on any atom is -0.388 e. The first-order valence-corrected chi connectivity index (χ1v) is 9.23. The van der Waals surface area contributed by atoms with Crippen molar-refractivity contribution in [1.82, 2.24) is 10.2 Å². The Labute approximate surface area is 163 Å². The molecule has 0 radical (unpaired) electrons. The highest BCUT2D eigenvalue weighted by molar-refractivity contribution is 5.79. The molecule has 0 heterocycles. The standard InChI is InChI=1S/C22H30N4O/c1-5-7-13-26(6-2)21(9-8-12-23)14-19(16-25-17-27)22-15-20(24-4)11-10-18(22)3/h5,10-11,14-17,24H,1,6-9,13H2,2-4H3,(H,25,27)/b19-16+,21-14+. The number of benzene rings is 1. The van der Waals surface area contributed by atoms with Crippen LogP contribution < -0.4 is 10.6 Å². The third-order valence-electron chi connectivity index (χ3n) is 4.35. The van der Waals surface area contributed by atoms with Crippen molar-refractivity contribution in [3.8, 4) is 6.07 Å². The first kappa shape index (κ1) is 22.0. The predicted molar refractivity (Wildman–Crippen MR) is 113 cm³/mol. The molecule has 0 saturated carbocycles. The van der Waals surface area contributed by atoms with Crippen LogP contribution in [0.2, 0.25) is 0 Å². The van der Waals surface area contributed by atoms with Gasteiger partial charge in [0, 0.05) is 50.6 Å². The first-order valence-electron chi connectivity index (χ1n) is 9.23. The second kappa shape index (κ2) is 12.4. The minimum absolute atomic E-state index is 0.445. The number of nitrogens with one attached hydrogen (secondary N) is 2. The van der Waals surface area contributed by atoms with E-state index in [4.69, 9.17) is 5.26 Å². The maximum Gasteiger partial charge on any atom is 0.211 e. The molecule has 0 spiro atoms. The molecule has 27 heavy (non-hydrogen) atoms. The second-order valence-electron chi connectivity index (χ2n) is 6.11. The quantitative estimate of drug-likeness (QED) is 0.330. The topological polar surface area (TPSA) is 68.2 Å². The molecule has 0 aromatic heterocycles. The molecule has 1 amide bonds. The summed E-state index contributed by atoms with van der Waals surface area (Å²) < 4.78 is 0. The average molecular weight is 367 g/mol. The van der Waals surface area contributed by atoms with Gasteiger partial charge < -0.3 is 15.5 Å². The summed E-state index contributed by atoms with van der Waals surface area (Å²) in [4.78, 5) is 13.1. The maximum absolute atomic E-state index is 10.9. The third-order valence-corrected chi connectivity index (χ3v) is 4.35. The first-order chi connectivity index (χ1) is 13.1. The Morgan fingerprint density at radius 3 is 2.78 bits per heavy atom. The van der Waals surface area contributed by atoms with Crippen molar-refractivity contribution in [3.05, 3.63) is 60.0 Å². The van der Waals surface area contributed by atoms with Gasteiger partial charge in [-0.25, -0.2) is 0 Å². The van der Waals surface area contributed by atoms with Crippen LogP contribution in [0, 0.1) is 18.3 Å². The number of amides is 1. The zero-order valence-electron chi connectivity index (χ0n) is 16.6. The van der Waals surface area contributed by atoms with E-state index in [1.54, 1.807) is 6.20 Å². The Kier molecular flexibility index (Phi) is 10.1. The number of rotatable bonds is 12. The van der Waals surface area contributed by atoms with Gasteiger partial charge in [0.2, 0.25) is 6.41 Å². The third kappa shape index (κ3) is 7.02. The average Bonchev–Trinajstić information content (AvgIpc) is 2.69. The largest absolute Gasteiger partial charge is 0.388 e. The Hall–Kier alpha value is -3.00. The van der Waals surface area contributed by atoms with Crippen molar-refractivity contribution in [2.24, 2.45) is 0 Å². The molecule has 1 rings (SSSR count). The van der Waals surface area contributed by atoms with E-state index in [9.17, 15) is 4.79 Å². The lowest BCUT2D eigenvalue weighted by atomic mass is 9.98. The number of nitrogens with zero attached hydrogens (tertiary/aromatic N) is 2. The molecule has 1 aromatic rings. The fraction of sp³-hybridized carbons (Fsp3) is 0.364. The number of anilines is 1. The van der Waals surface area contributed by atoms with Gasteiger partial charge in [-0.05, 0) is 55.2 Å². The van der Waals surface area contributed by atoms with Gasteiger partial charge in [0.25, 0.3) is 0 Å². The van der Waals surface area contributed by atoms with Crippen LogP contribution in [0.1, 0.15) is 37.3 Å². The maximum atomic E-state index is 10.9. The van der Waals surface area contributed by atoms with Gasteiger partial charge in [0.15, 0.2) is 0 Å². The molecular formula is C22H30N4O. The van der Waals surface area contributed by atoms with Crippen LogP contribution in [0.25, 0.3) is 5.57 Å². The number of allylic oxidation sites excluding steroid dienone is 3. The molecule has 0 aliphatic rings. The van der Waals surface area contributed by atoms with E-state index in [1.165, 1.54) is 0 Å². The smallest absolute Gasteiger partial charge is 0.211 e. The van der Waals surface area contributed by atoms with Gasteiger partial charge in [-0.2, -0.15) is 5.26 Å². The number of carbonyl (C=O) groups is 1. The molecule has 0 atom stereocenters. The van der Waals surface area contributed by atoms with Crippen LogP contribution in [0.3, 0.4) is 0 Å². The van der Waals surface area contributed by atoms with Crippen LogP contribution >= 0.6 is 0 Å². The zero-order chi connectivity index (χ0) is 20.1. The number of nitriles is 1. The van der Waals surface area contributed by atoms with Crippen LogP contribution in [-0.2, 0) is 4.79 Å². The lowest BCUT2D eigenvalue weighted by Crippen LogP contribution is -2.24. The van der Waals surface area contributed by atoms with Gasteiger partial charge >= 0.3 is 0 Å². The van der Waals surface area contributed by atoms with Crippen LogP contribution in [-0.4, -0.2) is 31.4 Å². The van der Waals surface area contributed by atoms with E-state index < -0.39 is 0 Å². The Morgan fingerprint density at radius 1 is 1.41 bits per heavy atom. The van der Waals surface area contributed by atoms with E-state index >= 15 is 0 Å². The molecule has 0 fully saturated rings. The molecule has 2 N–H and O–H groups in total. The van der Waals surface area contributed by atoms with Crippen molar-refractivity contribution in [3.63, 3.8) is 0 Å². The summed E-state index contributed by atoms with van der Waals surface area (Å²) in [5.41, 5.74) is 5.12. The molecule has 0 aliphatic carbocycles. The number of hydrogen-bond acceptors (Lipinski definition) is 4. The van der Waals surface area contributed by atoms with E-state index in [0.717, 1.165) is 47.6 Å². The monoisotopic (exact) mass is 366 g/mol. The molecule has 1 aromatic carbocycles. The fourth-order valence-corrected chi connectivity index (χ4v) is 2.85. The second-order valence-corrected chi connectivity index (χ2v) is 6.11. The summed E-state index contributed by atoms with van der Waals surface area (Å²) >= 11 is 0. The van der Waals surface area contributed by atoms with Gasteiger partial charge in [-0.3, -0.25) is 4.79 Å². The predicted octanol–water partition coefficient (Wildman–Crippen LogP) is 4.21. The van der Waals surface area contributed by atoms with E-state index in [2.05, 4.69) is 47.2 Å². The highest BCUT2D eigenvalue weighted by Crippen LogP contribution is 2.26. The highest BCUT2D eigenvalue weighted by atomic mass is 16.1. The van der Waals surface area contributed by atoms with Crippen molar-refractivity contribution in [2.75, 3.05) is 25.5 Å². The summed E-state index contributed by atoms with van der Waals surface area (Å²) in [7, 11) is 1.88. The Morgan fingerprint density at radius 2 is 2.19 bits per heavy atom. The van der Waals surface area contributed by atoms with Crippen LogP contribution in [0.4, 0.5) is 5.69 Å². The lowest BCUT2D eigenvalue weighted by Gasteiger charge is -2.26. The number of carbonyl (C=O) groups excluding carboxylic acids is 1. The lowest BCUT2D eigenvalue weighted by molar-refractivity contribution is -0.108. The molecule has 5 heteroatoms. The van der Waals surface area contributed by atoms with Crippen LogP contribution in [0.5, 0.6) is 0 Å². The summed E-state index contributed by atoms with van der Waals surface area (Å²) in [5, 5.41) is 14.9. The molecule has 0 aliphatic heterocycles. The summed E-state index contributed by atoms with van der Waals surface area (Å²) in [6.07, 6.45) is 8.32.